The van der Waals surface area contributed by atoms with Crippen LogP contribution in [0.3, 0.4) is 0 Å². The van der Waals surface area contributed by atoms with E-state index in [1.165, 1.54) is 18.9 Å². The Morgan fingerprint density at radius 2 is 1.48 bits per heavy atom. The standard InChI is InChI=1S/C46H52ClN7O9S/c1-46(18-7-19-53(20-22-55)21-23-56,42-30-14-12-28(47)24-38(30)50-37-16-13-29(63-2)25-33(37)42)52-54(26-41(58)59)44(60)39(51-40(57)17-15-34(48)45(61)62)27-64-43-31-8-3-5-10-35(31)49-36-11-6-4-9-32(36)43/h3-6,8-14,16,24-25,34,39,52,55-56H,7,15,17-23,26-27,48H2,1-2H3,(H,51,57)(H,58,59)(H,61,62). The molecule has 3 unspecified atom stereocenters. The first-order valence-corrected chi connectivity index (χ1v) is 22.1. The molecular weight excluding hydrogens is 862 g/mol. The number of carboxylic acids is 2. The van der Waals surface area contributed by atoms with Crippen LogP contribution in [0.5, 0.6) is 5.75 Å². The highest BCUT2D eigenvalue weighted by Crippen LogP contribution is 2.40. The summed E-state index contributed by atoms with van der Waals surface area (Å²) in [7, 11) is 1.54. The van der Waals surface area contributed by atoms with Crippen LogP contribution in [0.1, 0.15) is 38.2 Å². The third-order valence-electron chi connectivity index (χ3n) is 11.0. The van der Waals surface area contributed by atoms with E-state index in [2.05, 4.69) is 10.7 Å². The Morgan fingerprint density at radius 3 is 2.11 bits per heavy atom. The summed E-state index contributed by atoms with van der Waals surface area (Å²) in [5, 5.41) is 46.5. The van der Waals surface area contributed by atoms with Crippen LogP contribution in [0, 0.1) is 0 Å². The number of pyridine rings is 2. The number of aliphatic carboxylic acids is 2. The summed E-state index contributed by atoms with van der Waals surface area (Å²) in [4.78, 5) is 65.5. The van der Waals surface area contributed by atoms with Gasteiger partial charge in [-0.05, 0) is 80.8 Å². The highest BCUT2D eigenvalue weighted by Gasteiger charge is 2.37. The molecule has 8 N–H and O–H groups in total. The molecule has 2 amide bonds. The first kappa shape index (κ1) is 47.8. The van der Waals surface area contributed by atoms with Crippen molar-refractivity contribution in [2.75, 3.05) is 52.3 Å². The van der Waals surface area contributed by atoms with Gasteiger partial charge >= 0.3 is 11.9 Å². The van der Waals surface area contributed by atoms with E-state index in [0.29, 0.717) is 64.2 Å². The summed E-state index contributed by atoms with van der Waals surface area (Å²) in [6, 6.07) is 23.1. The van der Waals surface area contributed by atoms with E-state index in [4.69, 9.17) is 32.0 Å². The Morgan fingerprint density at radius 1 is 0.844 bits per heavy atom. The first-order chi connectivity index (χ1) is 30.7. The number of carboxylic acid groups (broad SMARTS) is 2. The number of nitrogens with two attached hydrogens (primary N) is 1. The highest BCUT2D eigenvalue weighted by molar-refractivity contribution is 7.99. The second-order valence-electron chi connectivity index (χ2n) is 15.6. The largest absolute Gasteiger partial charge is 0.497 e. The van der Waals surface area contributed by atoms with E-state index in [1.54, 1.807) is 24.3 Å². The number of para-hydroxylation sites is 2. The zero-order valence-electron chi connectivity index (χ0n) is 35.5. The molecule has 0 aliphatic heterocycles. The molecular formula is C46H52ClN7O9S. The zero-order valence-corrected chi connectivity index (χ0v) is 37.1. The fraction of sp³-hybridized carbons (Fsp3) is 0.348. The van der Waals surface area contributed by atoms with E-state index in [-0.39, 0.29) is 38.2 Å². The number of nitrogens with one attached hydrogen (secondary N) is 2. The van der Waals surface area contributed by atoms with Crippen molar-refractivity contribution < 1.29 is 44.3 Å². The third-order valence-corrected chi connectivity index (χ3v) is 12.4. The number of thioether (sulfide) groups is 1. The van der Waals surface area contributed by atoms with Gasteiger partial charge in [0.1, 0.15) is 24.4 Å². The topological polar surface area (TPSA) is 241 Å². The molecule has 2 aromatic heterocycles. The van der Waals surface area contributed by atoms with Gasteiger partial charge in [-0.25, -0.2) is 15.4 Å². The van der Waals surface area contributed by atoms with Gasteiger partial charge in [0.25, 0.3) is 5.91 Å². The molecule has 0 saturated carbocycles. The number of amides is 2. The quantitative estimate of drug-likeness (QED) is 0.0257. The molecule has 18 heteroatoms. The fourth-order valence-electron chi connectivity index (χ4n) is 7.90. The van der Waals surface area contributed by atoms with Crippen LogP contribution in [-0.4, -0.2) is 128 Å². The molecule has 0 aliphatic rings. The van der Waals surface area contributed by atoms with Crippen molar-refractivity contribution >= 4 is 90.7 Å². The molecule has 0 radical (unpaired) electrons. The molecule has 0 spiro atoms. The van der Waals surface area contributed by atoms with Crippen LogP contribution < -0.4 is 21.2 Å². The average molecular weight is 914 g/mol. The number of carbonyl (C=O) groups excluding carboxylic acids is 2. The zero-order chi connectivity index (χ0) is 46.0. The lowest BCUT2D eigenvalue weighted by atomic mass is 9.82. The van der Waals surface area contributed by atoms with Crippen LogP contribution in [0.2, 0.25) is 5.02 Å². The minimum absolute atomic E-state index is 0.0594. The normalized spacial score (nSPS) is 13.5. The lowest BCUT2D eigenvalue weighted by Gasteiger charge is -2.40. The van der Waals surface area contributed by atoms with Crippen molar-refractivity contribution in [3.8, 4) is 5.75 Å². The number of methoxy groups -OCH3 is 1. The lowest BCUT2D eigenvalue weighted by Crippen LogP contribution is -2.60. The molecule has 64 heavy (non-hydrogen) atoms. The summed E-state index contributed by atoms with van der Waals surface area (Å²) >= 11 is 7.79. The number of ether oxygens (including phenoxy) is 1. The number of aromatic nitrogens is 2. The molecule has 3 atom stereocenters. The van der Waals surface area contributed by atoms with Crippen LogP contribution in [0.15, 0.2) is 89.8 Å². The minimum Gasteiger partial charge on any atom is -0.497 e. The molecule has 16 nitrogen and oxygen atoms in total. The van der Waals surface area contributed by atoms with Gasteiger partial charge < -0.3 is 36.2 Å². The Hall–Kier alpha value is -5.66. The molecule has 0 aliphatic carbocycles. The predicted molar refractivity (Wildman–Crippen MR) is 247 cm³/mol. The van der Waals surface area contributed by atoms with Crippen molar-refractivity contribution in [3.05, 3.63) is 95.5 Å². The Labute approximate surface area is 378 Å². The van der Waals surface area contributed by atoms with E-state index in [0.717, 1.165) is 31.7 Å². The lowest BCUT2D eigenvalue weighted by molar-refractivity contribution is -0.150. The number of aliphatic hydroxyl groups excluding tert-OH is 2. The smallest absolute Gasteiger partial charge is 0.324 e. The van der Waals surface area contributed by atoms with Gasteiger partial charge in [0.05, 0.1) is 47.9 Å². The summed E-state index contributed by atoms with van der Waals surface area (Å²) in [6.45, 7) is 1.82. The Balaban J connectivity index is 1.46. The predicted octanol–water partition coefficient (Wildman–Crippen LogP) is 4.92. The van der Waals surface area contributed by atoms with Gasteiger partial charge in [-0.2, -0.15) is 0 Å². The molecule has 0 bridgehead atoms. The van der Waals surface area contributed by atoms with Gasteiger partial charge in [0.2, 0.25) is 5.91 Å². The van der Waals surface area contributed by atoms with Crippen molar-refractivity contribution in [3.63, 3.8) is 0 Å². The number of hydrogen-bond donors (Lipinski definition) is 7. The maximum absolute atomic E-state index is 15.2. The van der Waals surface area contributed by atoms with Gasteiger partial charge in [0, 0.05) is 56.7 Å². The molecule has 4 aromatic carbocycles. The summed E-state index contributed by atoms with van der Waals surface area (Å²) in [5.74, 6) is -3.58. The summed E-state index contributed by atoms with van der Waals surface area (Å²) in [6.07, 6.45) is 0.211. The molecule has 6 rings (SSSR count). The molecule has 0 saturated heterocycles. The number of hydrazine groups is 1. The number of benzene rings is 4. The molecule has 338 valence electrons. The molecule has 2 heterocycles. The SMILES string of the molecule is COc1ccc2nc3cc(Cl)ccc3c(C(C)(CCCN(CCO)CCO)NN(CC(=O)O)C(=O)C(CSc3c4ccccc4nc4ccccc34)NC(=O)CCC(N)C(=O)O)c2c1. The summed E-state index contributed by atoms with van der Waals surface area (Å²) < 4.78 is 5.64. The van der Waals surface area contributed by atoms with E-state index >= 15 is 4.79 Å². The van der Waals surface area contributed by atoms with Crippen molar-refractivity contribution in [1.82, 2.24) is 30.6 Å². The number of halogens is 1. The minimum atomic E-state index is -1.34. The number of carbonyl (C=O) groups is 4. The van der Waals surface area contributed by atoms with Gasteiger partial charge in [-0.1, -0.05) is 54.1 Å². The maximum atomic E-state index is 15.2. The van der Waals surface area contributed by atoms with Crippen molar-refractivity contribution in [1.29, 1.82) is 0 Å². The number of rotatable bonds is 23. The van der Waals surface area contributed by atoms with Gasteiger partial charge in [-0.15, -0.1) is 11.8 Å². The highest BCUT2D eigenvalue weighted by atomic mass is 35.5. The second-order valence-corrected chi connectivity index (χ2v) is 17.0. The monoisotopic (exact) mass is 913 g/mol. The van der Waals surface area contributed by atoms with E-state index in [1.807, 2.05) is 72.5 Å². The van der Waals surface area contributed by atoms with Gasteiger partial charge in [0.15, 0.2) is 0 Å². The van der Waals surface area contributed by atoms with Gasteiger partial charge in [-0.3, -0.25) is 29.1 Å². The Kier molecular flexibility index (Phi) is 16.3. The van der Waals surface area contributed by atoms with Crippen molar-refractivity contribution in [2.24, 2.45) is 5.73 Å². The second kappa shape index (κ2) is 21.8. The average Bonchev–Trinajstić information content (AvgIpc) is 3.27. The maximum Gasteiger partial charge on any atom is 0.324 e. The third kappa shape index (κ3) is 11.5. The van der Waals surface area contributed by atoms with E-state index in [9.17, 15) is 34.8 Å². The van der Waals surface area contributed by atoms with Crippen LogP contribution in [-0.2, 0) is 24.7 Å². The number of nitrogens with zero attached hydrogens (tertiary/aromatic N) is 4. The fourth-order valence-corrected chi connectivity index (χ4v) is 9.28. The Bertz CT molecular complexity index is 2600. The van der Waals surface area contributed by atoms with Crippen LogP contribution >= 0.6 is 23.4 Å². The number of hydrogen-bond acceptors (Lipinski definition) is 13. The van der Waals surface area contributed by atoms with Crippen LogP contribution in [0.25, 0.3) is 43.6 Å². The first-order valence-electron chi connectivity index (χ1n) is 20.8. The van der Waals surface area contributed by atoms with Crippen LogP contribution in [0.4, 0.5) is 0 Å². The molecule has 6 aromatic rings. The number of fused-ring (bicyclic) bond motifs is 4. The molecule has 0 fully saturated rings. The van der Waals surface area contributed by atoms with E-state index < -0.39 is 47.9 Å². The summed E-state index contributed by atoms with van der Waals surface area (Å²) in [5.41, 5.74) is 11.0. The number of aliphatic hydroxyl groups is 2. The van der Waals surface area contributed by atoms with Crippen molar-refractivity contribution in [2.45, 2.75) is 55.1 Å².